The Bertz CT molecular complexity index is 845. The molecule has 0 aliphatic heterocycles. The summed E-state index contributed by atoms with van der Waals surface area (Å²) in [7, 11) is 0. The number of hydrogen-bond acceptors (Lipinski definition) is 5. The lowest BCUT2D eigenvalue weighted by molar-refractivity contribution is -0.124. The molecule has 0 aliphatic rings. The molecule has 1 atom stereocenters. The van der Waals surface area contributed by atoms with Crippen LogP contribution in [0.1, 0.15) is 36.8 Å². The lowest BCUT2D eigenvalue weighted by atomic mass is 9.87. The minimum Gasteiger partial charge on any atom is -0.484 e. The monoisotopic (exact) mass is 415 g/mol. The van der Waals surface area contributed by atoms with Gasteiger partial charge in [0, 0.05) is 10.4 Å². The van der Waals surface area contributed by atoms with E-state index in [0.29, 0.717) is 5.75 Å². The molecule has 0 radical (unpaired) electrons. The molecule has 28 heavy (non-hydrogen) atoms. The zero-order valence-corrected chi connectivity index (χ0v) is 17.9. The van der Waals surface area contributed by atoms with Crippen LogP contribution in [0, 0.1) is 0 Å². The molecule has 1 unspecified atom stereocenters. The fraction of sp³-hybridized carbons (Fsp3) is 0.318. The van der Waals surface area contributed by atoms with Crippen LogP contribution in [0.15, 0.2) is 58.6 Å². The van der Waals surface area contributed by atoms with Crippen LogP contribution in [0.3, 0.4) is 0 Å². The first-order chi connectivity index (χ1) is 13.3. The Labute approximate surface area is 173 Å². The van der Waals surface area contributed by atoms with Crippen LogP contribution in [-0.2, 0) is 15.8 Å². The maximum absolute atomic E-state index is 12.3. The zero-order chi connectivity index (χ0) is 20.2. The third kappa shape index (κ3) is 4.82. The molecular weight excluding hydrogens is 390 g/mol. The molecule has 1 amide bonds. The van der Waals surface area contributed by atoms with Crippen LogP contribution in [0.4, 0.5) is 0 Å². The molecule has 6 heteroatoms. The van der Waals surface area contributed by atoms with Gasteiger partial charge in [-0.3, -0.25) is 4.79 Å². The summed E-state index contributed by atoms with van der Waals surface area (Å²) in [5, 5.41) is 19.8. The van der Waals surface area contributed by atoms with Gasteiger partial charge in [-0.25, -0.2) is 0 Å². The third-order valence-electron chi connectivity index (χ3n) is 4.56. The number of hydrogen-bond donors (Lipinski definition) is 2. The molecule has 1 aromatic carbocycles. The molecule has 0 saturated heterocycles. The van der Waals surface area contributed by atoms with Crippen molar-refractivity contribution in [2.75, 3.05) is 13.2 Å². The molecule has 2 N–H and O–H groups in total. The predicted molar refractivity (Wildman–Crippen MR) is 115 cm³/mol. The Hall–Kier alpha value is -2.15. The van der Waals surface area contributed by atoms with E-state index in [4.69, 9.17) is 4.74 Å². The van der Waals surface area contributed by atoms with Crippen molar-refractivity contribution in [3.05, 3.63) is 74.6 Å². The van der Waals surface area contributed by atoms with Crippen molar-refractivity contribution >= 4 is 28.6 Å². The number of aliphatic hydroxyl groups is 1. The van der Waals surface area contributed by atoms with E-state index in [0.717, 1.165) is 10.4 Å². The van der Waals surface area contributed by atoms with Gasteiger partial charge in [-0.1, -0.05) is 39.0 Å². The van der Waals surface area contributed by atoms with Crippen LogP contribution in [0.25, 0.3) is 0 Å². The largest absolute Gasteiger partial charge is 0.484 e. The van der Waals surface area contributed by atoms with E-state index < -0.39 is 5.60 Å². The van der Waals surface area contributed by atoms with Crippen LogP contribution in [0.5, 0.6) is 5.75 Å². The van der Waals surface area contributed by atoms with E-state index in [-0.39, 0.29) is 24.5 Å². The predicted octanol–water partition coefficient (Wildman–Crippen LogP) is 4.54. The summed E-state index contributed by atoms with van der Waals surface area (Å²) in [6.07, 6.45) is 0. The second-order valence-corrected chi connectivity index (χ2v) is 9.42. The lowest BCUT2D eigenvalue weighted by Crippen LogP contribution is -2.42. The van der Waals surface area contributed by atoms with Crippen molar-refractivity contribution in [3.63, 3.8) is 0 Å². The normalized spacial score (nSPS) is 13.7. The van der Waals surface area contributed by atoms with Crippen LogP contribution >= 0.6 is 22.7 Å². The van der Waals surface area contributed by atoms with Crippen molar-refractivity contribution in [2.45, 2.75) is 31.8 Å². The summed E-state index contributed by atoms with van der Waals surface area (Å²) >= 11 is 2.98. The highest BCUT2D eigenvalue weighted by molar-refractivity contribution is 7.10. The summed E-state index contributed by atoms with van der Waals surface area (Å²) in [5.41, 5.74) is 0.821. The van der Waals surface area contributed by atoms with Crippen molar-refractivity contribution < 1.29 is 14.6 Å². The quantitative estimate of drug-likeness (QED) is 0.596. The maximum Gasteiger partial charge on any atom is 0.258 e. The summed E-state index contributed by atoms with van der Waals surface area (Å²) in [5.74, 6) is 0.375. The smallest absolute Gasteiger partial charge is 0.258 e. The van der Waals surface area contributed by atoms with Crippen molar-refractivity contribution in [3.8, 4) is 5.75 Å². The van der Waals surface area contributed by atoms with Gasteiger partial charge in [-0.15, -0.1) is 11.3 Å². The second kappa shape index (κ2) is 8.47. The van der Waals surface area contributed by atoms with Crippen LogP contribution in [0.2, 0.25) is 0 Å². The average molecular weight is 416 g/mol. The van der Waals surface area contributed by atoms with E-state index >= 15 is 0 Å². The molecule has 2 heterocycles. The van der Waals surface area contributed by atoms with E-state index in [1.807, 2.05) is 58.6 Å². The number of amides is 1. The van der Waals surface area contributed by atoms with E-state index in [9.17, 15) is 9.90 Å². The van der Waals surface area contributed by atoms with Crippen molar-refractivity contribution in [1.82, 2.24) is 5.32 Å². The molecule has 3 aromatic rings. The summed E-state index contributed by atoms with van der Waals surface area (Å²) in [4.78, 5) is 13.1. The topological polar surface area (TPSA) is 58.6 Å². The Morgan fingerprint density at radius 2 is 1.82 bits per heavy atom. The Morgan fingerprint density at radius 1 is 1.07 bits per heavy atom. The lowest BCUT2D eigenvalue weighted by Gasteiger charge is -2.27. The molecule has 148 valence electrons. The highest BCUT2D eigenvalue weighted by atomic mass is 32.1. The molecular formula is C22H25NO3S2. The summed E-state index contributed by atoms with van der Waals surface area (Å²) in [6.45, 7) is 6.45. The zero-order valence-electron chi connectivity index (χ0n) is 16.3. The fourth-order valence-electron chi connectivity index (χ4n) is 2.82. The summed E-state index contributed by atoms with van der Waals surface area (Å²) < 4.78 is 5.59. The van der Waals surface area contributed by atoms with Gasteiger partial charge < -0.3 is 15.2 Å². The van der Waals surface area contributed by atoms with Gasteiger partial charge in [-0.2, -0.15) is 11.3 Å². The number of nitrogens with one attached hydrogen (secondary N) is 1. The second-order valence-electron chi connectivity index (χ2n) is 7.69. The number of carbonyl (C=O) groups excluding carboxylic acids is 1. The Kier molecular flexibility index (Phi) is 6.23. The molecule has 0 saturated carbocycles. The van der Waals surface area contributed by atoms with E-state index in [2.05, 4.69) is 26.1 Å². The first kappa shape index (κ1) is 20.6. The Morgan fingerprint density at radius 3 is 2.39 bits per heavy atom. The molecule has 0 aliphatic carbocycles. The van der Waals surface area contributed by atoms with Gasteiger partial charge in [0.2, 0.25) is 0 Å². The highest BCUT2D eigenvalue weighted by Gasteiger charge is 2.33. The maximum atomic E-state index is 12.3. The van der Waals surface area contributed by atoms with Gasteiger partial charge in [-0.05, 0) is 51.4 Å². The van der Waals surface area contributed by atoms with Crippen LogP contribution in [-0.4, -0.2) is 24.2 Å². The standard InChI is InChI=1S/C22H25NO3S2/c1-21(2,3)16-6-8-18(9-7-16)26-13-20(24)23-15-22(25,17-10-12-27-14-17)19-5-4-11-28-19/h4-12,14,25H,13,15H2,1-3H3,(H,23,24). The fourth-order valence-corrected chi connectivity index (χ4v) is 4.39. The first-order valence-electron chi connectivity index (χ1n) is 9.08. The average Bonchev–Trinajstić information content (AvgIpc) is 3.38. The van der Waals surface area contributed by atoms with Gasteiger partial charge in [0.05, 0.1) is 6.54 Å². The van der Waals surface area contributed by atoms with E-state index in [1.165, 1.54) is 28.2 Å². The molecule has 0 spiro atoms. The molecule has 3 rings (SSSR count). The molecule has 0 bridgehead atoms. The van der Waals surface area contributed by atoms with Gasteiger partial charge in [0.25, 0.3) is 5.91 Å². The van der Waals surface area contributed by atoms with Gasteiger partial charge >= 0.3 is 0 Å². The number of thiophene rings is 2. The minimum atomic E-state index is -1.24. The van der Waals surface area contributed by atoms with Crippen molar-refractivity contribution in [1.29, 1.82) is 0 Å². The molecule has 2 aromatic heterocycles. The number of ether oxygens (including phenoxy) is 1. The minimum absolute atomic E-state index is 0.0732. The van der Waals surface area contributed by atoms with Crippen LogP contribution < -0.4 is 10.1 Å². The van der Waals surface area contributed by atoms with Gasteiger partial charge in [0.1, 0.15) is 11.4 Å². The number of carbonyl (C=O) groups is 1. The molecule has 0 fully saturated rings. The number of rotatable bonds is 7. The summed E-state index contributed by atoms with van der Waals surface area (Å²) in [6, 6.07) is 13.4. The third-order valence-corrected chi connectivity index (χ3v) is 6.26. The Balaban J connectivity index is 1.58. The molecule has 4 nitrogen and oxygen atoms in total. The van der Waals surface area contributed by atoms with Crippen molar-refractivity contribution in [2.24, 2.45) is 0 Å². The highest BCUT2D eigenvalue weighted by Crippen LogP contribution is 2.33. The first-order valence-corrected chi connectivity index (χ1v) is 10.9. The number of benzene rings is 1. The van der Waals surface area contributed by atoms with E-state index in [1.54, 1.807) is 0 Å². The van der Waals surface area contributed by atoms with Gasteiger partial charge in [0.15, 0.2) is 6.61 Å². The SMILES string of the molecule is CC(C)(C)c1ccc(OCC(=O)NCC(O)(c2ccsc2)c2cccs2)cc1.